The summed E-state index contributed by atoms with van der Waals surface area (Å²) in [4.78, 5) is 8.13. The normalized spacial score (nSPS) is 18.6. The van der Waals surface area contributed by atoms with Gasteiger partial charge in [-0.05, 0) is 32.9 Å². The van der Waals surface area contributed by atoms with Gasteiger partial charge >= 0.3 is 0 Å². The topological polar surface area (TPSA) is 18.5 Å². The summed E-state index contributed by atoms with van der Waals surface area (Å²) in [6, 6.07) is 5.14. The van der Waals surface area contributed by atoms with E-state index in [0.29, 0.717) is 11.6 Å². The van der Waals surface area contributed by atoms with Crippen molar-refractivity contribution < 1.29 is 0 Å². The predicted octanol–water partition coefficient (Wildman–Crippen LogP) is 3.16. The van der Waals surface area contributed by atoms with Crippen molar-refractivity contribution in [3.05, 3.63) is 21.9 Å². The number of nitrogens with zero attached hydrogens (tertiary/aromatic N) is 2. The molecule has 0 amide bonds. The lowest BCUT2D eigenvalue weighted by molar-refractivity contribution is 0.0595. The van der Waals surface area contributed by atoms with E-state index < -0.39 is 0 Å². The molecular formula is C17H31N3S. The minimum atomic E-state index is 0.310. The third kappa shape index (κ3) is 5.37. The molecule has 0 atom stereocenters. The average Bonchev–Trinajstić information content (AvgIpc) is 2.83. The highest BCUT2D eigenvalue weighted by atomic mass is 32.1. The second-order valence-electron chi connectivity index (χ2n) is 7.34. The van der Waals surface area contributed by atoms with Gasteiger partial charge in [-0.1, -0.05) is 13.8 Å². The van der Waals surface area contributed by atoms with Gasteiger partial charge in [0.1, 0.15) is 0 Å². The van der Waals surface area contributed by atoms with Crippen molar-refractivity contribution in [1.29, 1.82) is 0 Å². The van der Waals surface area contributed by atoms with Crippen LogP contribution in [0.25, 0.3) is 0 Å². The first-order chi connectivity index (χ1) is 9.84. The zero-order valence-electron chi connectivity index (χ0n) is 14.3. The van der Waals surface area contributed by atoms with E-state index in [1.54, 1.807) is 0 Å². The smallest absolute Gasteiger partial charge is 0.0329 e. The Morgan fingerprint density at radius 1 is 1.10 bits per heavy atom. The molecule has 1 N–H and O–H groups in total. The lowest BCUT2D eigenvalue weighted by Crippen LogP contribution is -2.53. The zero-order valence-corrected chi connectivity index (χ0v) is 15.1. The van der Waals surface area contributed by atoms with Gasteiger partial charge in [0.2, 0.25) is 0 Å². The fraction of sp³-hybridized carbons (Fsp3) is 0.765. The van der Waals surface area contributed by atoms with Gasteiger partial charge in [-0.2, -0.15) is 0 Å². The summed E-state index contributed by atoms with van der Waals surface area (Å²) in [7, 11) is 0. The summed E-state index contributed by atoms with van der Waals surface area (Å²) in [5.74, 6) is 0. The lowest BCUT2D eigenvalue weighted by atomic mass is 10.1. The SMILES string of the molecule is CC(C)NCc1ccc(CN2CCN(C(C)(C)C)CC2)s1. The Hall–Kier alpha value is -0.420. The van der Waals surface area contributed by atoms with Gasteiger partial charge in [0.05, 0.1) is 0 Å². The Balaban J connectivity index is 1.78. The molecule has 2 heterocycles. The zero-order chi connectivity index (χ0) is 15.5. The van der Waals surface area contributed by atoms with Crippen molar-refractivity contribution in [2.45, 2.75) is 59.3 Å². The molecule has 3 nitrogen and oxygen atoms in total. The number of thiophene rings is 1. The van der Waals surface area contributed by atoms with Crippen LogP contribution < -0.4 is 5.32 Å². The minimum Gasteiger partial charge on any atom is -0.310 e. The fourth-order valence-corrected chi connectivity index (χ4v) is 3.72. The Bertz CT molecular complexity index is 425. The maximum absolute atomic E-state index is 3.49. The number of nitrogens with one attached hydrogen (secondary N) is 1. The summed E-state index contributed by atoms with van der Waals surface area (Å²) in [5.41, 5.74) is 0.310. The van der Waals surface area contributed by atoms with Gasteiger partial charge in [-0.25, -0.2) is 0 Å². The van der Waals surface area contributed by atoms with Gasteiger partial charge in [0, 0.05) is 60.6 Å². The van der Waals surface area contributed by atoms with E-state index in [-0.39, 0.29) is 0 Å². The van der Waals surface area contributed by atoms with Crippen molar-refractivity contribution in [1.82, 2.24) is 15.1 Å². The van der Waals surface area contributed by atoms with Crippen LogP contribution in [0, 0.1) is 0 Å². The maximum Gasteiger partial charge on any atom is 0.0329 e. The Labute approximate surface area is 134 Å². The molecular weight excluding hydrogens is 278 g/mol. The first kappa shape index (κ1) is 16.9. The third-order valence-electron chi connectivity index (χ3n) is 4.10. The van der Waals surface area contributed by atoms with E-state index in [9.17, 15) is 0 Å². The van der Waals surface area contributed by atoms with Crippen molar-refractivity contribution in [3.63, 3.8) is 0 Å². The third-order valence-corrected chi connectivity index (χ3v) is 5.17. The molecule has 1 saturated heterocycles. The molecule has 0 bridgehead atoms. The van der Waals surface area contributed by atoms with Crippen LogP contribution in [0.5, 0.6) is 0 Å². The molecule has 1 aliphatic rings. The molecule has 1 aliphatic heterocycles. The molecule has 2 rings (SSSR count). The van der Waals surface area contributed by atoms with E-state index in [1.165, 1.54) is 35.9 Å². The van der Waals surface area contributed by atoms with Crippen molar-refractivity contribution in [3.8, 4) is 0 Å². The van der Waals surface area contributed by atoms with Crippen molar-refractivity contribution in [2.24, 2.45) is 0 Å². The van der Waals surface area contributed by atoms with Crippen LogP contribution in [0.3, 0.4) is 0 Å². The summed E-state index contributed by atoms with van der Waals surface area (Å²) >= 11 is 1.96. The monoisotopic (exact) mass is 309 g/mol. The lowest BCUT2D eigenvalue weighted by Gasteiger charge is -2.42. The molecule has 120 valence electrons. The number of piperazine rings is 1. The Morgan fingerprint density at radius 2 is 1.71 bits per heavy atom. The first-order valence-corrected chi connectivity index (χ1v) is 8.94. The predicted molar refractivity (Wildman–Crippen MR) is 92.9 cm³/mol. The van der Waals surface area contributed by atoms with Crippen LogP contribution in [0.2, 0.25) is 0 Å². The summed E-state index contributed by atoms with van der Waals surface area (Å²) in [6.45, 7) is 18.2. The standard InChI is InChI=1S/C17H31N3S/c1-14(2)18-12-15-6-7-16(21-15)13-19-8-10-20(11-9-19)17(3,4)5/h6-7,14,18H,8-13H2,1-5H3. The van der Waals surface area contributed by atoms with Gasteiger partial charge in [0.15, 0.2) is 0 Å². The number of hydrogen-bond donors (Lipinski definition) is 1. The first-order valence-electron chi connectivity index (χ1n) is 8.13. The van der Waals surface area contributed by atoms with E-state index in [0.717, 1.165) is 13.1 Å². The van der Waals surface area contributed by atoms with Gasteiger partial charge < -0.3 is 5.32 Å². The molecule has 1 aromatic heterocycles. The van der Waals surface area contributed by atoms with E-state index in [2.05, 4.69) is 61.9 Å². The van der Waals surface area contributed by atoms with Crippen LogP contribution in [0.1, 0.15) is 44.4 Å². The quantitative estimate of drug-likeness (QED) is 0.901. The van der Waals surface area contributed by atoms with E-state index >= 15 is 0 Å². The molecule has 0 unspecified atom stereocenters. The van der Waals surface area contributed by atoms with E-state index in [4.69, 9.17) is 0 Å². The summed E-state index contributed by atoms with van der Waals surface area (Å²) in [5, 5.41) is 3.49. The minimum absolute atomic E-state index is 0.310. The molecule has 4 heteroatoms. The molecule has 0 saturated carbocycles. The molecule has 1 aromatic rings. The second-order valence-corrected chi connectivity index (χ2v) is 8.59. The van der Waals surface area contributed by atoms with Gasteiger partial charge in [-0.3, -0.25) is 9.80 Å². The highest BCUT2D eigenvalue weighted by Crippen LogP contribution is 2.21. The van der Waals surface area contributed by atoms with Crippen LogP contribution >= 0.6 is 11.3 Å². The molecule has 21 heavy (non-hydrogen) atoms. The summed E-state index contributed by atoms with van der Waals surface area (Å²) in [6.07, 6.45) is 0. The largest absolute Gasteiger partial charge is 0.310 e. The van der Waals surface area contributed by atoms with Crippen LogP contribution in [-0.2, 0) is 13.1 Å². The Morgan fingerprint density at radius 3 is 2.29 bits per heavy atom. The van der Waals surface area contributed by atoms with E-state index in [1.807, 2.05) is 11.3 Å². The highest BCUT2D eigenvalue weighted by molar-refractivity contribution is 7.11. The highest BCUT2D eigenvalue weighted by Gasteiger charge is 2.25. The Kier molecular flexibility index (Phi) is 5.83. The average molecular weight is 310 g/mol. The van der Waals surface area contributed by atoms with Crippen LogP contribution in [0.4, 0.5) is 0 Å². The summed E-state index contributed by atoms with van der Waals surface area (Å²) < 4.78 is 0. The molecule has 1 fully saturated rings. The van der Waals surface area contributed by atoms with Crippen molar-refractivity contribution in [2.75, 3.05) is 26.2 Å². The fourth-order valence-electron chi connectivity index (χ4n) is 2.70. The van der Waals surface area contributed by atoms with Crippen LogP contribution in [-0.4, -0.2) is 47.6 Å². The second kappa shape index (κ2) is 7.23. The number of rotatable bonds is 5. The van der Waals surface area contributed by atoms with Crippen LogP contribution in [0.15, 0.2) is 12.1 Å². The molecule has 0 radical (unpaired) electrons. The maximum atomic E-state index is 3.49. The van der Waals surface area contributed by atoms with Gasteiger partial charge in [0.25, 0.3) is 0 Å². The van der Waals surface area contributed by atoms with Gasteiger partial charge in [-0.15, -0.1) is 11.3 Å². The number of hydrogen-bond acceptors (Lipinski definition) is 4. The van der Waals surface area contributed by atoms with Crippen molar-refractivity contribution >= 4 is 11.3 Å². The molecule has 0 aliphatic carbocycles. The molecule has 0 spiro atoms. The molecule has 0 aromatic carbocycles.